The molecular formula is C19H23N5O3. The summed E-state index contributed by atoms with van der Waals surface area (Å²) in [4.78, 5) is 36.3. The molecule has 8 heteroatoms. The normalized spacial score (nSPS) is 14.5. The molecule has 0 bridgehead atoms. The van der Waals surface area contributed by atoms with E-state index in [4.69, 9.17) is 0 Å². The highest BCUT2D eigenvalue weighted by Gasteiger charge is 2.27. The lowest BCUT2D eigenvalue weighted by Gasteiger charge is -2.35. The fourth-order valence-electron chi connectivity index (χ4n) is 3.12. The predicted molar refractivity (Wildman–Crippen MR) is 102 cm³/mol. The fourth-order valence-corrected chi connectivity index (χ4v) is 3.12. The summed E-state index contributed by atoms with van der Waals surface area (Å²) >= 11 is 0. The molecule has 1 aromatic heterocycles. The van der Waals surface area contributed by atoms with Crippen molar-refractivity contribution >= 4 is 17.4 Å². The number of aryl methyl sites for hydroxylation is 1. The van der Waals surface area contributed by atoms with E-state index in [2.05, 4.69) is 28.7 Å². The second-order valence-electron chi connectivity index (χ2n) is 6.93. The summed E-state index contributed by atoms with van der Waals surface area (Å²) in [6.45, 7) is 8.30. The zero-order valence-corrected chi connectivity index (χ0v) is 15.8. The van der Waals surface area contributed by atoms with Gasteiger partial charge in [0.2, 0.25) is 0 Å². The molecule has 0 saturated carbocycles. The summed E-state index contributed by atoms with van der Waals surface area (Å²) in [5, 5.41) is 11.2. The highest BCUT2D eigenvalue weighted by Crippen LogP contribution is 2.22. The first kappa shape index (κ1) is 18.8. The molecule has 0 N–H and O–H groups in total. The van der Waals surface area contributed by atoms with Gasteiger partial charge in [-0.15, -0.1) is 0 Å². The van der Waals surface area contributed by atoms with Crippen molar-refractivity contribution in [1.29, 1.82) is 0 Å². The van der Waals surface area contributed by atoms with Crippen LogP contribution >= 0.6 is 0 Å². The smallest absolute Gasteiger partial charge is 0.282 e. The number of nitrogens with zero attached hydrogens (tertiary/aromatic N) is 5. The highest BCUT2D eigenvalue weighted by molar-refractivity contribution is 5.98. The lowest BCUT2D eigenvalue weighted by molar-refractivity contribution is -0.385. The van der Waals surface area contributed by atoms with Crippen molar-refractivity contribution in [1.82, 2.24) is 14.9 Å². The Bertz CT molecular complexity index is 860. The molecule has 1 fully saturated rings. The fraction of sp³-hybridized carbons (Fsp3) is 0.421. The van der Waals surface area contributed by atoms with Gasteiger partial charge in [0.1, 0.15) is 17.2 Å². The van der Waals surface area contributed by atoms with E-state index in [0.29, 0.717) is 26.2 Å². The molecule has 142 valence electrons. The van der Waals surface area contributed by atoms with Crippen molar-refractivity contribution in [3.63, 3.8) is 0 Å². The minimum Gasteiger partial charge on any atom is -0.353 e. The molecule has 0 aliphatic carbocycles. The largest absolute Gasteiger partial charge is 0.353 e. The van der Waals surface area contributed by atoms with E-state index in [-0.39, 0.29) is 23.1 Å². The maximum Gasteiger partial charge on any atom is 0.282 e. The average Bonchev–Trinajstić information content (AvgIpc) is 2.67. The van der Waals surface area contributed by atoms with E-state index in [1.54, 1.807) is 17.0 Å². The second-order valence-corrected chi connectivity index (χ2v) is 6.93. The zero-order valence-electron chi connectivity index (χ0n) is 15.8. The third-order valence-electron chi connectivity index (χ3n) is 4.60. The highest BCUT2D eigenvalue weighted by atomic mass is 16.6. The summed E-state index contributed by atoms with van der Waals surface area (Å²) in [5.74, 6) is 1.61. The number of hydrogen-bond donors (Lipinski definition) is 0. The molecule has 1 saturated heterocycles. The molecule has 1 aromatic carbocycles. The van der Waals surface area contributed by atoms with E-state index < -0.39 is 4.92 Å². The van der Waals surface area contributed by atoms with Crippen LogP contribution in [0.15, 0.2) is 30.3 Å². The number of carbonyl (C=O) groups excluding carboxylic acids is 1. The summed E-state index contributed by atoms with van der Waals surface area (Å²) in [7, 11) is 0. The Labute approximate surface area is 158 Å². The summed E-state index contributed by atoms with van der Waals surface area (Å²) in [5.41, 5.74) is 0.899. The van der Waals surface area contributed by atoms with E-state index in [0.717, 1.165) is 17.3 Å². The number of piperazine rings is 1. The number of nitro groups is 1. The van der Waals surface area contributed by atoms with Gasteiger partial charge in [-0.25, -0.2) is 9.97 Å². The number of rotatable bonds is 4. The van der Waals surface area contributed by atoms with Crippen LogP contribution in [0.4, 0.5) is 11.5 Å². The van der Waals surface area contributed by atoms with Gasteiger partial charge in [0.05, 0.1) is 4.92 Å². The maximum absolute atomic E-state index is 12.7. The van der Waals surface area contributed by atoms with Crippen LogP contribution in [0.5, 0.6) is 0 Å². The molecule has 8 nitrogen and oxygen atoms in total. The van der Waals surface area contributed by atoms with Gasteiger partial charge < -0.3 is 9.80 Å². The third kappa shape index (κ3) is 4.05. The molecule has 2 aromatic rings. The van der Waals surface area contributed by atoms with Crippen molar-refractivity contribution in [3.8, 4) is 0 Å². The van der Waals surface area contributed by atoms with Crippen LogP contribution in [0.1, 0.15) is 41.6 Å². The number of aromatic nitrogens is 2. The van der Waals surface area contributed by atoms with Crippen LogP contribution < -0.4 is 4.90 Å². The van der Waals surface area contributed by atoms with Crippen molar-refractivity contribution in [2.45, 2.75) is 26.7 Å². The van der Waals surface area contributed by atoms with Crippen molar-refractivity contribution < 1.29 is 9.72 Å². The molecular weight excluding hydrogens is 346 g/mol. The minimum absolute atomic E-state index is 0.135. The van der Waals surface area contributed by atoms with Gasteiger partial charge in [0.25, 0.3) is 11.6 Å². The Morgan fingerprint density at radius 3 is 2.44 bits per heavy atom. The Morgan fingerprint density at radius 1 is 1.15 bits per heavy atom. The summed E-state index contributed by atoms with van der Waals surface area (Å²) < 4.78 is 0. The molecule has 0 radical (unpaired) electrons. The molecule has 0 spiro atoms. The van der Waals surface area contributed by atoms with Crippen molar-refractivity contribution in [2.75, 3.05) is 31.1 Å². The zero-order chi connectivity index (χ0) is 19.6. The monoisotopic (exact) mass is 369 g/mol. The molecule has 2 heterocycles. The van der Waals surface area contributed by atoms with Gasteiger partial charge >= 0.3 is 0 Å². The second kappa shape index (κ2) is 7.69. The summed E-state index contributed by atoms with van der Waals surface area (Å²) in [6.07, 6.45) is 0. The summed E-state index contributed by atoms with van der Waals surface area (Å²) in [6, 6.07) is 8.03. The first-order chi connectivity index (χ1) is 12.9. The molecule has 0 atom stereocenters. The van der Waals surface area contributed by atoms with Crippen LogP contribution in [0.3, 0.4) is 0 Å². The van der Waals surface area contributed by atoms with Crippen LogP contribution in [0.25, 0.3) is 0 Å². The first-order valence-corrected chi connectivity index (χ1v) is 9.00. The van der Waals surface area contributed by atoms with Crippen molar-refractivity contribution in [3.05, 3.63) is 57.5 Å². The molecule has 1 amide bonds. The number of hydrogen-bond acceptors (Lipinski definition) is 6. The number of carbonyl (C=O) groups is 1. The Morgan fingerprint density at radius 2 is 1.81 bits per heavy atom. The SMILES string of the molecule is Cc1cc(N2CCN(C(=O)c3ccccc3[N+](=O)[O-])CC2)nc(C(C)C)n1. The molecule has 1 aliphatic heterocycles. The Kier molecular flexibility index (Phi) is 5.34. The lowest BCUT2D eigenvalue weighted by atomic mass is 10.1. The van der Waals surface area contributed by atoms with Gasteiger partial charge in [-0.2, -0.15) is 0 Å². The number of nitro benzene ring substituents is 1. The van der Waals surface area contributed by atoms with E-state index in [1.807, 2.05) is 13.0 Å². The van der Waals surface area contributed by atoms with Crippen LogP contribution in [0, 0.1) is 17.0 Å². The Hall–Kier alpha value is -3.03. The third-order valence-corrected chi connectivity index (χ3v) is 4.60. The van der Waals surface area contributed by atoms with Crippen LogP contribution in [-0.4, -0.2) is 51.9 Å². The quantitative estimate of drug-likeness (QED) is 0.608. The number of anilines is 1. The van der Waals surface area contributed by atoms with Gasteiger partial charge in [0, 0.05) is 49.9 Å². The predicted octanol–water partition coefficient (Wildman–Crippen LogP) is 2.78. The topological polar surface area (TPSA) is 92.5 Å². The van der Waals surface area contributed by atoms with Crippen molar-refractivity contribution in [2.24, 2.45) is 0 Å². The maximum atomic E-state index is 12.7. The first-order valence-electron chi connectivity index (χ1n) is 9.00. The minimum atomic E-state index is -0.513. The molecule has 0 unspecified atom stereocenters. The lowest BCUT2D eigenvalue weighted by Crippen LogP contribution is -2.49. The van der Waals surface area contributed by atoms with Gasteiger partial charge in [0.15, 0.2) is 0 Å². The van der Waals surface area contributed by atoms with Crippen LogP contribution in [0.2, 0.25) is 0 Å². The number of benzene rings is 1. The number of amides is 1. The standard InChI is InChI=1S/C19H23N5O3/c1-13(2)18-20-14(3)12-17(21-18)22-8-10-23(11-9-22)19(25)15-6-4-5-7-16(15)24(26)27/h4-7,12-13H,8-11H2,1-3H3. The molecule has 27 heavy (non-hydrogen) atoms. The number of para-hydroxylation sites is 1. The van der Waals surface area contributed by atoms with Gasteiger partial charge in [-0.1, -0.05) is 26.0 Å². The Balaban J connectivity index is 1.73. The van der Waals surface area contributed by atoms with E-state index in [1.165, 1.54) is 12.1 Å². The van der Waals surface area contributed by atoms with E-state index in [9.17, 15) is 14.9 Å². The molecule has 1 aliphatic rings. The van der Waals surface area contributed by atoms with Crippen LogP contribution in [-0.2, 0) is 0 Å². The van der Waals surface area contributed by atoms with Gasteiger partial charge in [-0.05, 0) is 13.0 Å². The molecule has 3 rings (SSSR count). The average molecular weight is 369 g/mol. The van der Waals surface area contributed by atoms with Gasteiger partial charge in [-0.3, -0.25) is 14.9 Å². The van der Waals surface area contributed by atoms with E-state index >= 15 is 0 Å².